The zero-order valence-electron chi connectivity index (χ0n) is 15.1. The van der Waals surface area contributed by atoms with Gasteiger partial charge in [0.15, 0.2) is 0 Å². The summed E-state index contributed by atoms with van der Waals surface area (Å²) in [5.41, 5.74) is 4.48. The molecule has 0 aliphatic carbocycles. The first-order valence-corrected chi connectivity index (χ1v) is 8.57. The minimum atomic E-state index is -0.300. The Hall–Kier alpha value is -3.88. The maximum absolute atomic E-state index is 13.0. The normalized spacial score (nSPS) is 9.50. The third-order valence-corrected chi connectivity index (χ3v) is 4.02. The molecule has 0 radical (unpaired) electrons. The molecule has 0 bridgehead atoms. The van der Waals surface area contributed by atoms with Gasteiger partial charge < -0.3 is 0 Å². The van der Waals surface area contributed by atoms with Gasteiger partial charge in [0.1, 0.15) is 11.6 Å². The van der Waals surface area contributed by atoms with E-state index in [9.17, 15) is 8.78 Å². The molecule has 28 heavy (non-hydrogen) atoms. The lowest BCUT2D eigenvalue weighted by atomic mass is 9.96. The number of allylic oxidation sites excluding steroid dienone is 1. The molecule has 0 amide bonds. The van der Waals surface area contributed by atoms with Crippen molar-refractivity contribution in [3.63, 3.8) is 0 Å². The molecule has 0 heterocycles. The molecule has 0 unspecified atom stereocenters. The van der Waals surface area contributed by atoms with Gasteiger partial charge in [-0.2, -0.15) is 0 Å². The summed E-state index contributed by atoms with van der Waals surface area (Å²) in [5.74, 6) is 11.5. The van der Waals surface area contributed by atoms with Gasteiger partial charge in [0.05, 0.1) is 0 Å². The van der Waals surface area contributed by atoms with Crippen LogP contribution in [0.4, 0.5) is 8.78 Å². The van der Waals surface area contributed by atoms with E-state index in [-0.39, 0.29) is 11.6 Å². The number of rotatable bonds is 2. The second-order valence-electron chi connectivity index (χ2n) is 5.96. The molecule has 0 aliphatic rings. The van der Waals surface area contributed by atoms with Gasteiger partial charge in [-0.25, -0.2) is 8.78 Å². The molecular formula is C26H16F2. The van der Waals surface area contributed by atoms with Crippen LogP contribution in [-0.4, -0.2) is 0 Å². The Morgan fingerprint density at radius 3 is 1.89 bits per heavy atom. The van der Waals surface area contributed by atoms with Crippen LogP contribution in [0.15, 0.2) is 79.9 Å². The smallest absolute Gasteiger partial charge is 0.123 e. The summed E-state index contributed by atoms with van der Waals surface area (Å²) in [6.45, 7) is 7.93. The van der Waals surface area contributed by atoms with Gasteiger partial charge in [-0.05, 0) is 65.7 Å². The van der Waals surface area contributed by atoms with Crippen molar-refractivity contribution in [3.05, 3.63) is 119 Å². The average Bonchev–Trinajstić information content (AvgIpc) is 2.72. The van der Waals surface area contributed by atoms with Crippen LogP contribution >= 0.6 is 0 Å². The first-order chi connectivity index (χ1) is 13.6. The molecule has 3 rings (SSSR count). The van der Waals surface area contributed by atoms with E-state index < -0.39 is 0 Å². The highest BCUT2D eigenvalue weighted by Gasteiger charge is 2.06. The van der Waals surface area contributed by atoms with E-state index in [0.717, 1.165) is 22.3 Å². The standard InChI is InChI=1S/C26H16F2/c1-3-25-22(14-9-21-12-17-24(28)18-13-21)5-4-6-26(25)19(2)7-8-20-10-15-23(27)16-11-20/h3-6,10-13,15-18H,1-2H2. The minimum absolute atomic E-state index is 0.296. The Labute approximate surface area is 163 Å². The Morgan fingerprint density at radius 2 is 1.32 bits per heavy atom. The molecule has 0 aromatic heterocycles. The second-order valence-corrected chi connectivity index (χ2v) is 5.96. The molecule has 0 fully saturated rings. The minimum Gasteiger partial charge on any atom is -0.207 e. The predicted molar refractivity (Wildman–Crippen MR) is 111 cm³/mol. The topological polar surface area (TPSA) is 0 Å². The van der Waals surface area contributed by atoms with Crippen molar-refractivity contribution in [2.75, 3.05) is 0 Å². The van der Waals surface area contributed by atoms with Crippen molar-refractivity contribution in [1.82, 2.24) is 0 Å². The lowest BCUT2D eigenvalue weighted by Crippen LogP contribution is -1.91. The van der Waals surface area contributed by atoms with Crippen molar-refractivity contribution < 1.29 is 8.78 Å². The maximum Gasteiger partial charge on any atom is 0.123 e. The monoisotopic (exact) mass is 366 g/mol. The summed E-state index contributed by atoms with van der Waals surface area (Å²) in [5, 5.41) is 0. The Bertz CT molecular complexity index is 1140. The van der Waals surface area contributed by atoms with Crippen molar-refractivity contribution in [3.8, 4) is 23.7 Å². The Kier molecular flexibility index (Phi) is 5.85. The molecule has 0 N–H and O–H groups in total. The number of hydrogen-bond donors (Lipinski definition) is 0. The highest BCUT2D eigenvalue weighted by atomic mass is 19.1. The molecule has 0 atom stereocenters. The highest BCUT2D eigenvalue weighted by molar-refractivity contribution is 5.84. The van der Waals surface area contributed by atoms with E-state index in [1.54, 1.807) is 30.3 Å². The van der Waals surface area contributed by atoms with Gasteiger partial charge >= 0.3 is 0 Å². The van der Waals surface area contributed by atoms with Gasteiger partial charge in [-0.15, -0.1) is 0 Å². The SMILES string of the molecule is C=Cc1c(C#Cc2ccc(F)cc2)cccc1C(=C)C#Cc1ccc(F)cc1. The van der Waals surface area contributed by atoms with E-state index in [2.05, 4.69) is 36.8 Å². The van der Waals surface area contributed by atoms with Crippen LogP contribution in [0.5, 0.6) is 0 Å². The van der Waals surface area contributed by atoms with E-state index in [0.29, 0.717) is 11.1 Å². The van der Waals surface area contributed by atoms with Crippen molar-refractivity contribution in [1.29, 1.82) is 0 Å². The van der Waals surface area contributed by atoms with Crippen LogP contribution in [0.3, 0.4) is 0 Å². The fourth-order valence-electron chi connectivity index (χ4n) is 2.58. The number of hydrogen-bond acceptors (Lipinski definition) is 0. The predicted octanol–water partition coefficient (Wildman–Crippen LogP) is 6.07. The third kappa shape index (κ3) is 4.64. The lowest BCUT2D eigenvalue weighted by molar-refractivity contribution is 0.627. The average molecular weight is 366 g/mol. The molecular weight excluding hydrogens is 350 g/mol. The van der Waals surface area contributed by atoms with Crippen LogP contribution in [0, 0.1) is 35.3 Å². The summed E-state index contributed by atoms with van der Waals surface area (Å²) in [4.78, 5) is 0. The summed E-state index contributed by atoms with van der Waals surface area (Å²) in [6, 6.07) is 17.7. The molecule has 0 saturated carbocycles. The summed E-state index contributed by atoms with van der Waals surface area (Å²) in [7, 11) is 0. The van der Waals surface area contributed by atoms with Gasteiger partial charge in [0.25, 0.3) is 0 Å². The Morgan fingerprint density at radius 1 is 0.750 bits per heavy atom. The van der Waals surface area contributed by atoms with Gasteiger partial charge in [0, 0.05) is 22.3 Å². The molecule has 134 valence electrons. The van der Waals surface area contributed by atoms with Gasteiger partial charge in [-0.1, -0.05) is 55.0 Å². The zero-order valence-corrected chi connectivity index (χ0v) is 15.1. The first-order valence-electron chi connectivity index (χ1n) is 8.57. The largest absolute Gasteiger partial charge is 0.207 e. The Balaban J connectivity index is 1.92. The van der Waals surface area contributed by atoms with E-state index >= 15 is 0 Å². The summed E-state index contributed by atoms with van der Waals surface area (Å²) < 4.78 is 26.0. The van der Waals surface area contributed by atoms with Crippen LogP contribution in [0.25, 0.3) is 11.6 Å². The molecule has 0 nitrogen and oxygen atoms in total. The first kappa shape index (κ1) is 18.9. The van der Waals surface area contributed by atoms with Crippen molar-refractivity contribution in [2.24, 2.45) is 0 Å². The fraction of sp³-hybridized carbons (Fsp3) is 0. The number of halogens is 2. The molecule has 3 aromatic rings. The van der Waals surface area contributed by atoms with Gasteiger partial charge in [0.2, 0.25) is 0 Å². The fourth-order valence-corrected chi connectivity index (χ4v) is 2.58. The van der Waals surface area contributed by atoms with Crippen LogP contribution < -0.4 is 0 Å². The van der Waals surface area contributed by atoms with E-state index in [4.69, 9.17) is 0 Å². The number of benzene rings is 3. The zero-order chi connectivity index (χ0) is 19.9. The summed E-state index contributed by atoms with van der Waals surface area (Å²) >= 11 is 0. The van der Waals surface area contributed by atoms with Gasteiger partial charge in [-0.3, -0.25) is 0 Å². The molecule has 0 saturated heterocycles. The summed E-state index contributed by atoms with van der Waals surface area (Å²) in [6.07, 6.45) is 1.72. The molecule has 3 aromatic carbocycles. The maximum atomic E-state index is 13.0. The highest BCUT2D eigenvalue weighted by Crippen LogP contribution is 2.22. The molecule has 0 spiro atoms. The van der Waals surface area contributed by atoms with E-state index in [1.165, 1.54) is 24.3 Å². The second kappa shape index (κ2) is 8.67. The lowest BCUT2D eigenvalue weighted by Gasteiger charge is -2.07. The van der Waals surface area contributed by atoms with Crippen molar-refractivity contribution in [2.45, 2.75) is 0 Å². The molecule has 2 heteroatoms. The molecule has 0 aliphatic heterocycles. The van der Waals surface area contributed by atoms with E-state index in [1.807, 2.05) is 18.2 Å². The van der Waals surface area contributed by atoms with Crippen molar-refractivity contribution >= 4 is 11.6 Å². The van der Waals surface area contributed by atoms with Crippen LogP contribution in [-0.2, 0) is 0 Å². The van der Waals surface area contributed by atoms with Crippen LogP contribution in [0.2, 0.25) is 0 Å². The quantitative estimate of drug-likeness (QED) is 0.483. The third-order valence-electron chi connectivity index (χ3n) is 4.02. The van der Waals surface area contributed by atoms with Crippen LogP contribution in [0.1, 0.15) is 27.8 Å².